The summed E-state index contributed by atoms with van der Waals surface area (Å²) in [5.41, 5.74) is 5.38. The van der Waals surface area contributed by atoms with Crippen molar-refractivity contribution in [3.8, 4) is 22.8 Å². The predicted molar refractivity (Wildman–Crippen MR) is 130 cm³/mol. The average molecular weight is 454 g/mol. The number of hydrogen-bond acceptors (Lipinski definition) is 6. The van der Waals surface area contributed by atoms with Crippen molar-refractivity contribution in [1.29, 1.82) is 0 Å². The molecule has 0 aliphatic rings. The molecule has 0 saturated heterocycles. The molecule has 0 spiro atoms. The van der Waals surface area contributed by atoms with Crippen molar-refractivity contribution in [2.24, 2.45) is 0 Å². The number of amides is 1. The van der Waals surface area contributed by atoms with Gasteiger partial charge in [-0.15, -0.1) is 0 Å². The smallest absolute Gasteiger partial charge is 0.220 e. The quantitative estimate of drug-likeness (QED) is 0.479. The molecule has 0 aliphatic carbocycles. The van der Waals surface area contributed by atoms with Crippen LogP contribution in [0.4, 0.5) is 0 Å². The molecule has 1 aromatic carbocycles. The first kappa shape index (κ1) is 24.5. The number of ether oxygens (including phenoxy) is 2. The lowest BCUT2D eigenvalue weighted by Crippen LogP contribution is -2.34. The Morgan fingerprint density at radius 3 is 2.55 bits per heavy atom. The lowest BCUT2D eigenvalue weighted by atomic mass is 10.1. The van der Waals surface area contributed by atoms with Gasteiger partial charge in [0.1, 0.15) is 11.5 Å². The van der Waals surface area contributed by atoms with Crippen LogP contribution in [0, 0.1) is 13.8 Å². The van der Waals surface area contributed by atoms with Crippen LogP contribution in [0.5, 0.6) is 11.5 Å². The molecule has 0 bridgehead atoms. The van der Waals surface area contributed by atoms with Gasteiger partial charge in [0.2, 0.25) is 5.91 Å². The van der Waals surface area contributed by atoms with Crippen molar-refractivity contribution < 1.29 is 14.3 Å². The molecule has 0 atom stereocenters. The van der Waals surface area contributed by atoms with Crippen LogP contribution in [0.1, 0.15) is 37.2 Å². The van der Waals surface area contributed by atoms with Crippen molar-refractivity contribution in [2.75, 3.05) is 40.4 Å². The fourth-order valence-corrected chi connectivity index (χ4v) is 4.05. The summed E-state index contributed by atoms with van der Waals surface area (Å²) in [5.74, 6) is 1.47. The van der Waals surface area contributed by atoms with Gasteiger partial charge in [0.05, 0.1) is 19.9 Å². The van der Waals surface area contributed by atoms with Crippen LogP contribution in [0.25, 0.3) is 16.9 Å². The van der Waals surface area contributed by atoms with E-state index in [1.807, 2.05) is 42.6 Å². The number of nitrogens with zero attached hydrogens (tertiary/aromatic N) is 4. The fraction of sp³-hybridized carbons (Fsp3) is 0.480. The Kier molecular flexibility index (Phi) is 8.27. The van der Waals surface area contributed by atoms with Crippen molar-refractivity contribution in [3.63, 3.8) is 0 Å². The van der Waals surface area contributed by atoms with Gasteiger partial charge in [-0.2, -0.15) is 5.10 Å². The van der Waals surface area contributed by atoms with E-state index in [1.165, 1.54) is 0 Å². The summed E-state index contributed by atoms with van der Waals surface area (Å²) in [6.45, 7) is 11.8. The third-order valence-electron chi connectivity index (χ3n) is 6.10. The second kappa shape index (κ2) is 11.1. The first-order valence-corrected chi connectivity index (χ1v) is 11.5. The Morgan fingerprint density at radius 2 is 1.88 bits per heavy atom. The number of rotatable bonds is 11. The van der Waals surface area contributed by atoms with Crippen molar-refractivity contribution in [2.45, 2.75) is 40.5 Å². The predicted octanol–water partition coefficient (Wildman–Crippen LogP) is 3.42. The van der Waals surface area contributed by atoms with E-state index in [9.17, 15) is 4.79 Å². The molecule has 3 rings (SSSR count). The Hall–Kier alpha value is -3.13. The molecule has 8 nitrogen and oxygen atoms in total. The maximum absolute atomic E-state index is 12.4. The van der Waals surface area contributed by atoms with Gasteiger partial charge in [-0.1, -0.05) is 13.8 Å². The van der Waals surface area contributed by atoms with E-state index in [-0.39, 0.29) is 5.91 Å². The standard InChI is InChI=1S/C25H35N5O3/c1-7-29(8-2)14-13-26-25(31)12-11-20-17(3)27-24-16-22(28-30(24)18(20)4)21-10-9-19(32-5)15-23(21)33-6/h9-10,15-16H,7-8,11-14H2,1-6H3,(H,26,31). The summed E-state index contributed by atoms with van der Waals surface area (Å²) in [4.78, 5) is 19.4. The molecule has 33 heavy (non-hydrogen) atoms. The average Bonchev–Trinajstić information content (AvgIpc) is 3.25. The van der Waals surface area contributed by atoms with Crippen molar-refractivity contribution in [1.82, 2.24) is 24.8 Å². The van der Waals surface area contributed by atoms with Gasteiger partial charge in [-0.3, -0.25) is 4.79 Å². The van der Waals surface area contributed by atoms with Crippen LogP contribution in [-0.4, -0.2) is 65.8 Å². The van der Waals surface area contributed by atoms with Gasteiger partial charge >= 0.3 is 0 Å². The fourth-order valence-electron chi connectivity index (χ4n) is 4.05. The molecule has 0 saturated carbocycles. The molecule has 178 valence electrons. The van der Waals surface area contributed by atoms with Crippen LogP contribution in [0.2, 0.25) is 0 Å². The summed E-state index contributed by atoms with van der Waals surface area (Å²) >= 11 is 0. The van der Waals surface area contributed by atoms with Gasteiger partial charge in [0, 0.05) is 48.6 Å². The number of fused-ring (bicyclic) bond motifs is 1. The third-order valence-corrected chi connectivity index (χ3v) is 6.10. The minimum Gasteiger partial charge on any atom is -0.497 e. The summed E-state index contributed by atoms with van der Waals surface area (Å²) in [6.07, 6.45) is 1.05. The highest BCUT2D eigenvalue weighted by molar-refractivity contribution is 5.76. The maximum Gasteiger partial charge on any atom is 0.220 e. The zero-order chi connectivity index (χ0) is 24.0. The number of hydrogen-bond donors (Lipinski definition) is 1. The van der Waals surface area contributed by atoms with Gasteiger partial charge in [-0.25, -0.2) is 9.50 Å². The first-order chi connectivity index (χ1) is 15.9. The lowest BCUT2D eigenvalue weighted by Gasteiger charge is -2.18. The Labute approximate surface area is 195 Å². The van der Waals surface area contributed by atoms with E-state index in [2.05, 4.69) is 24.1 Å². The topological polar surface area (TPSA) is 81.0 Å². The largest absolute Gasteiger partial charge is 0.497 e. The van der Waals surface area contributed by atoms with E-state index in [4.69, 9.17) is 19.6 Å². The normalized spacial score (nSPS) is 11.2. The molecule has 0 fully saturated rings. The number of aryl methyl sites for hydroxylation is 2. The zero-order valence-electron chi connectivity index (χ0n) is 20.6. The molecule has 0 unspecified atom stereocenters. The molecular formula is C25H35N5O3. The lowest BCUT2D eigenvalue weighted by molar-refractivity contribution is -0.121. The van der Waals surface area contributed by atoms with Crippen LogP contribution < -0.4 is 14.8 Å². The van der Waals surface area contributed by atoms with Crippen LogP contribution >= 0.6 is 0 Å². The molecule has 2 aromatic heterocycles. The van der Waals surface area contributed by atoms with E-state index in [0.29, 0.717) is 25.1 Å². The highest BCUT2D eigenvalue weighted by Gasteiger charge is 2.16. The third kappa shape index (κ3) is 5.63. The molecular weight excluding hydrogens is 418 g/mol. The molecule has 8 heteroatoms. The van der Waals surface area contributed by atoms with Crippen LogP contribution in [0.15, 0.2) is 24.3 Å². The summed E-state index contributed by atoms with van der Waals surface area (Å²) in [6, 6.07) is 7.62. The van der Waals surface area contributed by atoms with E-state index in [0.717, 1.165) is 59.2 Å². The number of aromatic nitrogens is 3. The number of methoxy groups -OCH3 is 2. The zero-order valence-corrected chi connectivity index (χ0v) is 20.6. The van der Waals surface area contributed by atoms with Gasteiger partial charge in [-0.05, 0) is 51.1 Å². The second-order valence-corrected chi connectivity index (χ2v) is 8.00. The Balaban J connectivity index is 1.77. The van der Waals surface area contributed by atoms with Gasteiger partial charge < -0.3 is 19.7 Å². The van der Waals surface area contributed by atoms with Crippen LogP contribution in [0.3, 0.4) is 0 Å². The molecule has 1 N–H and O–H groups in total. The SMILES string of the molecule is CCN(CC)CCNC(=O)CCc1c(C)nc2cc(-c3ccc(OC)cc3OC)nn2c1C. The number of benzene rings is 1. The molecule has 3 aromatic rings. The minimum absolute atomic E-state index is 0.0603. The van der Waals surface area contributed by atoms with Gasteiger partial charge in [0.15, 0.2) is 5.65 Å². The monoisotopic (exact) mass is 453 g/mol. The summed E-state index contributed by atoms with van der Waals surface area (Å²) in [5, 5.41) is 7.82. The molecule has 1 amide bonds. The number of nitrogens with one attached hydrogen (secondary N) is 1. The van der Waals surface area contributed by atoms with Crippen LogP contribution in [-0.2, 0) is 11.2 Å². The molecule has 0 aliphatic heterocycles. The van der Waals surface area contributed by atoms with E-state index in [1.54, 1.807) is 14.2 Å². The summed E-state index contributed by atoms with van der Waals surface area (Å²) < 4.78 is 12.7. The van der Waals surface area contributed by atoms with Crippen molar-refractivity contribution >= 4 is 11.6 Å². The number of likely N-dealkylation sites (N-methyl/N-ethyl adjacent to an activating group) is 1. The van der Waals surface area contributed by atoms with E-state index < -0.39 is 0 Å². The van der Waals surface area contributed by atoms with Gasteiger partial charge in [0.25, 0.3) is 0 Å². The number of carbonyl (C=O) groups is 1. The minimum atomic E-state index is 0.0603. The Morgan fingerprint density at radius 1 is 1.12 bits per heavy atom. The first-order valence-electron chi connectivity index (χ1n) is 11.5. The summed E-state index contributed by atoms with van der Waals surface area (Å²) in [7, 11) is 3.26. The number of carbonyl (C=O) groups excluding carboxylic acids is 1. The van der Waals surface area contributed by atoms with E-state index >= 15 is 0 Å². The highest BCUT2D eigenvalue weighted by atomic mass is 16.5. The van der Waals surface area contributed by atoms with Crippen molar-refractivity contribution in [3.05, 3.63) is 41.2 Å². The highest BCUT2D eigenvalue weighted by Crippen LogP contribution is 2.33. The molecule has 2 heterocycles. The Bertz CT molecular complexity index is 1110. The second-order valence-electron chi connectivity index (χ2n) is 8.00. The molecule has 0 radical (unpaired) electrons. The maximum atomic E-state index is 12.4.